The third-order valence-electron chi connectivity index (χ3n) is 0.183. The highest BCUT2D eigenvalue weighted by Crippen LogP contribution is 1.49. The topological polar surface area (TPSA) is 21.6 Å². The Morgan fingerprint density at radius 1 is 2.00 bits per heavy atom. The van der Waals surface area contributed by atoms with E-state index in [1.165, 1.54) is 7.11 Å². The summed E-state index contributed by atoms with van der Waals surface area (Å²) in [6.45, 7) is 0. The number of nitrogens with zero attached hydrogens (tertiary/aromatic N) is 1. The molecule has 0 amide bonds. The van der Waals surface area contributed by atoms with Crippen LogP contribution in [-0.4, -0.2) is 14.7 Å². The molecule has 0 unspecified atom stereocenters. The predicted molar refractivity (Wildman–Crippen MR) is 18.0 cm³/mol. The minimum Gasteiger partial charge on any atom is -0.452 e. The third-order valence-corrected chi connectivity index (χ3v) is 0.183. The lowest BCUT2D eigenvalue weighted by molar-refractivity contribution is 0.219. The summed E-state index contributed by atoms with van der Waals surface area (Å²) in [5, 5.41) is 3.24. The van der Waals surface area contributed by atoms with Crippen molar-refractivity contribution in [3.63, 3.8) is 0 Å². The maximum absolute atomic E-state index is 4.17. The van der Waals surface area contributed by atoms with Gasteiger partial charge in [-0.3, -0.25) is 0 Å². The Balaban J connectivity index is 2.30. The summed E-state index contributed by atoms with van der Waals surface area (Å²) < 4.78 is 0. The standard InChI is InChI=1S/CH5BNO/c1-4-3-2/h2H2,1H3/q-1. The maximum atomic E-state index is 4.17. The van der Waals surface area contributed by atoms with Crippen LogP contribution in [0, 0.1) is 0 Å². The second kappa shape index (κ2) is 2.66. The molecule has 2 nitrogen and oxygen atoms in total. The average Bonchev–Trinajstić information content (AvgIpc) is 1.37. The van der Waals surface area contributed by atoms with Gasteiger partial charge in [0.15, 0.2) is 0 Å². The van der Waals surface area contributed by atoms with Crippen molar-refractivity contribution in [3.8, 4) is 0 Å². The first kappa shape index (κ1) is 3.66. The highest BCUT2D eigenvalue weighted by atomic mass is 16.6. The van der Waals surface area contributed by atoms with Crippen LogP contribution in [0.2, 0.25) is 0 Å². The van der Waals surface area contributed by atoms with Gasteiger partial charge in [0.2, 0.25) is 0 Å². The molecule has 0 radical (unpaired) electrons. The van der Waals surface area contributed by atoms with E-state index >= 15 is 0 Å². The molecule has 0 heterocycles. The largest absolute Gasteiger partial charge is 0.452 e. The second-order valence-electron chi connectivity index (χ2n) is 0.365. The highest BCUT2D eigenvalue weighted by molar-refractivity contribution is 5.91. The molecule has 0 aromatic rings. The molecule has 0 aromatic heterocycles. The summed E-state index contributed by atoms with van der Waals surface area (Å²) in [4.78, 5) is 4.17. The summed E-state index contributed by atoms with van der Waals surface area (Å²) in [5.41, 5.74) is 0. The van der Waals surface area contributed by atoms with E-state index in [0.717, 1.165) is 0 Å². The lowest BCUT2D eigenvalue weighted by Gasteiger charge is -1.83. The maximum Gasteiger partial charge on any atom is 0.100 e. The monoisotopic (exact) mass is 58.0 g/mol. The van der Waals surface area contributed by atoms with Crippen LogP contribution in [0.4, 0.5) is 0 Å². The van der Waals surface area contributed by atoms with E-state index in [4.69, 9.17) is 0 Å². The molecule has 0 saturated carbocycles. The zero-order valence-electron chi connectivity index (χ0n) is 2.86. The van der Waals surface area contributed by atoms with Gasteiger partial charge < -0.3 is 9.90 Å². The van der Waals surface area contributed by atoms with Crippen LogP contribution in [0.15, 0.2) is 5.06 Å². The van der Waals surface area contributed by atoms with Gasteiger partial charge in [-0.15, -0.1) is 0 Å². The van der Waals surface area contributed by atoms with Crippen LogP contribution in [0.1, 0.15) is 0 Å². The summed E-state index contributed by atoms with van der Waals surface area (Å²) in [6, 6.07) is 0. The first-order chi connectivity index (χ1) is 1.91. The molecule has 0 aromatic carbocycles. The SMILES string of the molecule is [BH2-]=NOC. The van der Waals surface area contributed by atoms with Crippen LogP contribution in [-0.2, 0) is 4.84 Å². The Bertz CT molecular complexity index is 22.0. The molecule has 0 N–H and O–H groups in total. The molecule has 0 fully saturated rings. The molecule has 3 heteroatoms. The average molecular weight is 57.9 g/mol. The van der Waals surface area contributed by atoms with Crippen molar-refractivity contribution in [2.24, 2.45) is 5.06 Å². The third kappa shape index (κ3) is 1.66. The minimum absolute atomic E-state index is 1.51. The molecule has 24 valence electrons. The zero-order chi connectivity index (χ0) is 3.41. The molecule has 0 aliphatic carbocycles. The van der Waals surface area contributed by atoms with Gasteiger partial charge in [-0.05, 0) is 7.64 Å². The molecule has 0 saturated heterocycles. The smallest absolute Gasteiger partial charge is 0.100 e. The Morgan fingerprint density at radius 3 is 2.25 bits per heavy atom. The fraction of sp³-hybridized carbons (Fsp3) is 1.00. The van der Waals surface area contributed by atoms with Crippen LogP contribution >= 0.6 is 0 Å². The molecular formula is CH5BNO-. The number of hydrogen-bond donors (Lipinski definition) is 0. The van der Waals surface area contributed by atoms with E-state index in [2.05, 4.69) is 9.90 Å². The van der Waals surface area contributed by atoms with Crippen molar-refractivity contribution < 1.29 is 4.84 Å². The molecule has 0 bridgehead atoms. The van der Waals surface area contributed by atoms with Crippen molar-refractivity contribution in [1.82, 2.24) is 0 Å². The Hall–Kier alpha value is -0.335. The first-order valence-electron chi connectivity index (χ1n) is 1.04. The molecule has 0 rings (SSSR count). The molecule has 4 heavy (non-hydrogen) atoms. The van der Waals surface area contributed by atoms with Gasteiger partial charge in [0.25, 0.3) is 0 Å². The van der Waals surface area contributed by atoms with E-state index < -0.39 is 0 Å². The van der Waals surface area contributed by atoms with E-state index in [-0.39, 0.29) is 0 Å². The molecule has 0 spiro atoms. The summed E-state index contributed by atoms with van der Waals surface area (Å²) in [7, 11) is 3.10. The van der Waals surface area contributed by atoms with Crippen LogP contribution in [0.3, 0.4) is 0 Å². The van der Waals surface area contributed by atoms with Gasteiger partial charge in [-0.25, -0.2) is 0 Å². The van der Waals surface area contributed by atoms with Gasteiger partial charge in [0, 0.05) is 0 Å². The zero-order valence-corrected chi connectivity index (χ0v) is 2.86. The predicted octanol–water partition coefficient (Wildman–Crippen LogP) is -0.635. The second-order valence-corrected chi connectivity index (χ2v) is 0.365. The normalized spacial score (nSPS) is 5.25. The van der Waals surface area contributed by atoms with Crippen molar-refractivity contribution in [1.29, 1.82) is 0 Å². The van der Waals surface area contributed by atoms with E-state index in [0.29, 0.717) is 0 Å². The van der Waals surface area contributed by atoms with Crippen molar-refractivity contribution >= 4 is 7.64 Å². The molecule has 0 aliphatic heterocycles. The number of hydrogen-bond acceptors (Lipinski definition) is 2. The van der Waals surface area contributed by atoms with Crippen molar-refractivity contribution in [2.75, 3.05) is 7.11 Å². The number of rotatable bonds is 1. The summed E-state index contributed by atoms with van der Waals surface area (Å²) in [6.07, 6.45) is 0. The van der Waals surface area contributed by atoms with Gasteiger partial charge in [-0.2, -0.15) is 0 Å². The highest BCUT2D eigenvalue weighted by Gasteiger charge is 1.24. The van der Waals surface area contributed by atoms with Gasteiger partial charge in [-0.1, -0.05) is 0 Å². The van der Waals surface area contributed by atoms with Gasteiger partial charge >= 0.3 is 0 Å². The van der Waals surface area contributed by atoms with Crippen LogP contribution in [0.5, 0.6) is 0 Å². The first-order valence-corrected chi connectivity index (χ1v) is 1.04. The Labute approximate surface area is 25.9 Å². The fourth-order valence-electron chi connectivity index (χ4n) is 0. The lowest BCUT2D eigenvalue weighted by atomic mass is 10.7. The van der Waals surface area contributed by atoms with Crippen LogP contribution in [0.25, 0.3) is 0 Å². The summed E-state index contributed by atoms with van der Waals surface area (Å²) >= 11 is 0. The quantitative estimate of drug-likeness (QED) is 0.290. The lowest BCUT2D eigenvalue weighted by Crippen LogP contribution is -1.56. The van der Waals surface area contributed by atoms with Gasteiger partial charge in [0.05, 0.1) is 0 Å². The van der Waals surface area contributed by atoms with Crippen molar-refractivity contribution in [2.45, 2.75) is 0 Å². The van der Waals surface area contributed by atoms with Gasteiger partial charge in [0.1, 0.15) is 7.11 Å². The molecule has 0 aliphatic rings. The van der Waals surface area contributed by atoms with E-state index in [9.17, 15) is 0 Å². The minimum atomic E-state index is 1.51. The fourth-order valence-corrected chi connectivity index (χ4v) is 0. The van der Waals surface area contributed by atoms with E-state index in [1.807, 2.05) is 0 Å². The van der Waals surface area contributed by atoms with Crippen molar-refractivity contribution in [3.05, 3.63) is 0 Å². The molecular weight excluding hydrogens is 52.8 g/mol. The van der Waals surface area contributed by atoms with E-state index in [1.54, 1.807) is 7.64 Å². The Kier molecular flexibility index (Phi) is 2.44. The summed E-state index contributed by atoms with van der Waals surface area (Å²) in [5.74, 6) is 0. The molecule has 0 atom stereocenters. The Morgan fingerprint density at radius 2 is 2.25 bits per heavy atom. The van der Waals surface area contributed by atoms with Crippen LogP contribution < -0.4 is 0 Å².